The summed E-state index contributed by atoms with van der Waals surface area (Å²) in [6.07, 6.45) is 6.52. The number of nitrogens with two attached hydrogens (primary N) is 2. The molecule has 0 bridgehead atoms. The molecule has 1 saturated heterocycles. The molecule has 394 valence electrons. The number of aromatic amines is 1. The standard InChI is InChI=1S/C54H89N7O9/c1-12-36(6)51(60(9)54(68)42(34(2)3)30-46(64)50(35(4)5)59(8)26-18-20-40(62)33-58-48(65)24-14-13-17-25-55)47(69-10)31-49(66)61-27-19-23-44(61)52(70-11)37(7)45(63)29-38(53(56)67)28-39-32-57-43-22-16-15-21-41(39)43/h15-16,21-22,32,34-38,42,44,47,50-52,57H,12-14,17-20,23-31,33,55H2,1-11H3,(H2,56,67)(H,58,65)/t36-,37-,38+,42-,44-,47+,50-,51-,52+/m0/s1. The summed E-state index contributed by atoms with van der Waals surface area (Å²) in [6, 6.07) is 6.41. The molecule has 2 aromatic rings. The van der Waals surface area contributed by atoms with E-state index in [1.165, 1.54) is 0 Å². The topological polar surface area (TPSA) is 228 Å². The van der Waals surface area contributed by atoms with Gasteiger partial charge in [-0.15, -0.1) is 0 Å². The van der Waals surface area contributed by atoms with E-state index < -0.39 is 54.0 Å². The van der Waals surface area contributed by atoms with Crippen molar-refractivity contribution in [3.05, 3.63) is 36.0 Å². The first-order valence-electron chi connectivity index (χ1n) is 25.9. The van der Waals surface area contributed by atoms with E-state index in [2.05, 4.69) is 10.3 Å². The number of unbranched alkanes of at least 4 members (excludes halogenated alkanes) is 2. The number of nitrogens with one attached hydrogen (secondary N) is 2. The predicted octanol–water partition coefficient (Wildman–Crippen LogP) is 5.86. The number of hydrogen-bond acceptors (Lipinski definition) is 11. The number of carbonyl (C=O) groups is 7. The Hall–Kier alpha value is -4.51. The second-order valence-electron chi connectivity index (χ2n) is 20.6. The Morgan fingerprint density at radius 1 is 0.871 bits per heavy atom. The van der Waals surface area contributed by atoms with Gasteiger partial charge in [0.1, 0.15) is 5.78 Å². The van der Waals surface area contributed by atoms with Crippen LogP contribution in [0.1, 0.15) is 131 Å². The van der Waals surface area contributed by atoms with Crippen LogP contribution < -0.4 is 16.8 Å². The maximum Gasteiger partial charge on any atom is 0.226 e. The van der Waals surface area contributed by atoms with Crippen molar-refractivity contribution in [3.63, 3.8) is 0 Å². The highest BCUT2D eigenvalue weighted by molar-refractivity contribution is 5.91. The summed E-state index contributed by atoms with van der Waals surface area (Å²) in [5, 5.41) is 3.69. The zero-order valence-corrected chi connectivity index (χ0v) is 44.4. The van der Waals surface area contributed by atoms with Crippen molar-refractivity contribution in [2.45, 2.75) is 162 Å². The number of aromatic nitrogens is 1. The molecule has 9 atom stereocenters. The molecule has 1 aromatic heterocycles. The fraction of sp³-hybridized carbons (Fsp3) is 0.722. The molecule has 1 aliphatic rings. The third kappa shape index (κ3) is 17.1. The largest absolute Gasteiger partial charge is 0.379 e. The maximum absolute atomic E-state index is 14.7. The van der Waals surface area contributed by atoms with Crippen LogP contribution in [0.25, 0.3) is 10.9 Å². The lowest BCUT2D eigenvalue weighted by Crippen LogP contribution is -2.54. The van der Waals surface area contributed by atoms with Crippen molar-refractivity contribution >= 4 is 51.9 Å². The van der Waals surface area contributed by atoms with E-state index >= 15 is 0 Å². The van der Waals surface area contributed by atoms with E-state index in [9.17, 15) is 33.6 Å². The number of primary amides is 1. The summed E-state index contributed by atoms with van der Waals surface area (Å²) in [4.78, 5) is 103. The van der Waals surface area contributed by atoms with Gasteiger partial charge in [0, 0.05) is 88.3 Å². The molecule has 1 aromatic carbocycles. The molecule has 1 aliphatic heterocycles. The second kappa shape index (κ2) is 29.7. The smallest absolute Gasteiger partial charge is 0.226 e. The van der Waals surface area contributed by atoms with E-state index in [0.29, 0.717) is 51.7 Å². The number of amides is 4. The molecule has 0 saturated carbocycles. The van der Waals surface area contributed by atoms with Gasteiger partial charge in [-0.25, -0.2) is 0 Å². The molecule has 1 fully saturated rings. The van der Waals surface area contributed by atoms with Gasteiger partial charge in [-0.3, -0.25) is 38.5 Å². The lowest BCUT2D eigenvalue weighted by molar-refractivity contribution is -0.149. The van der Waals surface area contributed by atoms with E-state index in [-0.39, 0.29) is 85.1 Å². The Balaban J connectivity index is 1.69. The van der Waals surface area contributed by atoms with E-state index in [4.69, 9.17) is 20.9 Å². The van der Waals surface area contributed by atoms with Gasteiger partial charge in [0.05, 0.1) is 43.3 Å². The Labute approximate surface area is 418 Å². The molecule has 16 nitrogen and oxygen atoms in total. The molecule has 2 heterocycles. The number of benzene rings is 1. The van der Waals surface area contributed by atoms with Gasteiger partial charge in [-0.1, -0.05) is 79.5 Å². The lowest BCUT2D eigenvalue weighted by atomic mass is 9.83. The van der Waals surface area contributed by atoms with Gasteiger partial charge in [0.25, 0.3) is 0 Å². The predicted molar refractivity (Wildman–Crippen MR) is 274 cm³/mol. The number of carbonyl (C=O) groups excluding carboxylic acids is 7. The van der Waals surface area contributed by atoms with Crippen LogP contribution in [0, 0.1) is 35.5 Å². The summed E-state index contributed by atoms with van der Waals surface area (Å²) in [6.45, 7) is 15.3. The molecule has 0 spiro atoms. The summed E-state index contributed by atoms with van der Waals surface area (Å²) in [5.41, 5.74) is 13.2. The highest BCUT2D eigenvalue weighted by Crippen LogP contribution is 2.32. The Morgan fingerprint density at radius 2 is 1.57 bits per heavy atom. The first-order chi connectivity index (χ1) is 33.2. The van der Waals surface area contributed by atoms with Crippen LogP contribution in [0.3, 0.4) is 0 Å². The van der Waals surface area contributed by atoms with E-state index in [0.717, 1.165) is 42.1 Å². The van der Waals surface area contributed by atoms with Crippen LogP contribution in [0.15, 0.2) is 30.5 Å². The highest BCUT2D eigenvalue weighted by atomic mass is 16.5. The molecule has 3 rings (SSSR count). The number of ether oxygens (including phenoxy) is 2. The minimum Gasteiger partial charge on any atom is -0.379 e. The highest BCUT2D eigenvalue weighted by Gasteiger charge is 2.43. The molecule has 0 unspecified atom stereocenters. The first kappa shape index (κ1) is 59.8. The fourth-order valence-electron chi connectivity index (χ4n) is 10.6. The van der Waals surface area contributed by atoms with Crippen LogP contribution in [-0.2, 0) is 49.5 Å². The zero-order valence-electron chi connectivity index (χ0n) is 44.4. The molecule has 4 amide bonds. The van der Waals surface area contributed by atoms with Gasteiger partial charge in [0.2, 0.25) is 23.6 Å². The number of likely N-dealkylation sites (tertiary alicyclic amines) is 1. The van der Waals surface area contributed by atoms with Crippen molar-refractivity contribution in [1.29, 1.82) is 0 Å². The molecular formula is C54H89N7O9. The second-order valence-corrected chi connectivity index (χ2v) is 20.6. The van der Waals surface area contributed by atoms with Gasteiger partial charge >= 0.3 is 0 Å². The number of para-hydroxylation sites is 1. The minimum absolute atomic E-state index is 0.0115. The van der Waals surface area contributed by atoms with Crippen LogP contribution in [0.5, 0.6) is 0 Å². The molecule has 6 N–H and O–H groups in total. The summed E-state index contributed by atoms with van der Waals surface area (Å²) >= 11 is 0. The number of rotatable bonds is 34. The minimum atomic E-state index is -0.720. The number of Topliss-reactive ketones (excluding diaryl/α,β-unsaturated/α-hetero) is 3. The summed E-state index contributed by atoms with van der Waals surface area (Å²) < 4.78 is 12.1. The number of ketones is 3. The van der Waals surface area contributed by atoms with Gasteiger partial charge in [0.15, 0.2) is 11.6 Å². The summed E-state index contributed by atoms with van der Waals surface area (Å²) in [5.74, 6) is -3.61. The first-order valence-corrected chi connectivity index (χ1v) is 25.9. The van der Waals surface area contributed by atoms with Crippen LogP contribution in [0.4, 0.5) is 0 Å². The number of H-pyrrole nitrogens is 1. The SMILES string of the molecule is CC[C@H](C)[C@@H]([C@@H](CC(=O)N1CCC[C@H]1[C@H](OC)[C@@H](C)C(=O)C[C@@H](Cc1c[nH]c2ccccc12)C(N)=O)OC)N(C)C(=O)[C@@H](CC(=O)[C@H](C(C)C)N(C)CCCC(=O)CNC(=O)CCCCCN)C(C)C. The third-order valence-corrected chi connectivity index (χ3v) is 14.9. The number of methoxy groups -OCH3 is 2. The van der Waals surface area contributed by atoms with Crippen molar-refractivity contribution in [1.82, 2.24) is 25.0 Å². The molecule has 0 aliphatic carbocycles. The lowest BCUT2D eigenvalue weighted by Gasteiger charge is -2.41. The number of nitrogens with zero attached hydrogens (tertiary/aromatic N) is 3. The van der Waals surface area contributed by atoms with Crippen LogP contribution in [-0.4, -0.2) is 145 Å². The van der Waals surface area contributed by atoms with Crippen molar-refractivity contribution in [2.75, 3.05) is 54.5 Å². The number of likely N-dealkylation sites (N-methyl/N-ethyl adjacent to an activating group) is 2. The average molecular weight is 980 g/mol. The quantitative estimate of drug-likeness (QED) is 0.0607. The number of hydrogen-bond donors (Lipinski definition) is 4. The van der Waals surface area contributed by atoms with Crippen molar-refractivity contribution in [3.8, 4) is 0 Å². The number of fused-ring (bicyclic) bond motifs is 1. The van der Waals surface area contributed by atoms with Crippen molar-refractivity contribution in [2.24, 2.45) is 47.0 Å². The van der Waals surface area contributed by atoms with Gasteiger partial charge < -0.3 is 41.0 Å². The average Bonchev–Trinajstić information content (AvgIpc) is 3.98. The normalized spacial score (nSPS) is 17.5. The maximum atomic E-state index is 14.7. The van der Waals surface area contributed by atoms with Crippen LogP contribution in [0.2, 0.25) is 0 Å². The molecule has 0 radical (unpaired) electrons. The Morgan fingerprint density at radius 3 is 2.19 bits per heavy atom. The van der Waals surface area contributed by atoms with Gasteiger partial charge in [-0.2, -0.15) is 0 Å². The third-order valence-electron chi connectivity index (χ3n) is 14.9. The Bertz CT molecular complexity index is 2000. The van der Waals surface area contributed by atoms with Crippen LogP contribution >= 0.6 is 0 Å². The van der Waals surface area contributed by atoms with Crippen molar-refractivity contribution < 1.29 is 43.0 Å². The fourth-order valence-corrected chi connectivity index (χ4v) is 10.6. The Kier molecular flexibility index (Phi) is 25.4. The van der Waals surface area contributed by atoms with Gasteiger partial charge in [-0.05, 0) is 88.0 Å². The zero-order chi connectivity index (χ0) is 52.2. The molecule has 70 heavy (non-hydrogen) atoms. The molecule has 16 heteroatoms. The monoisotopic (exact) mass is 980 g/mol. The van der Waals surface area contributed by atoms with E-state index in [1.807, 2.05) is 84.0 Å². The van der Waals surface area contributed by atoms with E-state index in [1.54, 1.807) is 38.0 Å². The molecular weight excluding hydrogens is 891 g/mol. The summed E-state index contributed by atoms with van der Waals surface area (Å²) in [7, 11) is 6.72.